The molecule has 4 heteroatoms. The molecule has 2 rings (SSSR count). The van der Waals surface area contributed by atoms with E-state index in [1.807, 2.05) is 11.3 Å². The summed E-state index contributed by atoms with van der Waals surface area (Å²) in [6.45, 7) is 4.87. The molecule has 2 nitrogen and oxygen atoms in total. The van der Waals surface area contributed by atoms with Crippen LogP contribution in [0.5, 0.6) is 0 Å². The monoisotopic (exact) mass is 330 g/mol. The minimum Gasteiger partial charge on any atom is -0.317 e. The second-order valence-corrected chi connectivity index (χ2v) is 7.79. The van der Waals surface area contributed by atoms with Crippen LogP contribution >= 0.6 is 27.3 Å². The van der Waals surface area contributed by atoms with Gasteiger partial charge in [-0.2, -0.15) is 0 Å². The van der Waals surface area contributed by atoms with Gasteiger partial charge in [0.25, 0.3) is 0 Å². The molecule has 0 saturated carbocycles. The third-order valence-corrected chi connectivity index (χ3v) is 5.43. The van der Waals surface area contributed by atoms with E-state index in [4.69, 9.17) is 0 Å². The van der Waals surface area contributed by atoms with Gasteiger partial charge in [0.05, 0.1) is 3.79 Å². The fraction of sp³-hybridized carbons (Fsp3) is 0.714. The number of hydrogen-bond donors (Lipinski definition) is 1. The Morgan fingerprint density at radius 3 is 2.78 bits per heavy atom. The van der Waals surface area contributed by atoms with Crippen molar-refractivity contribution in [1.29, 1.82) is 0 Å². The van der Waals surface area contributed by atoms with E-state index in [-0.39, 0.29) is 0 Å². The normalized spacial score (nSPS) is 17.5. The van der Waals surface area contributed by atoms with Crippen LogP contribution in [0, 0.1) is 5.92 Å². The highest BCUT2D eigenvalue weighted by Gasteiger charge is 2.13. The zero-order valence-electron chi connectivity index (χ0n) is 11.1. The van der Waals surface area contributed by atoms with E-state index >= 15 is 0 Å². The van der Waals surface area contributed by atoms with Crippen molar-refractivity contribution in [3.63, 3.8) is 0 Å². The predicted molar refractivity (Wildman–Crippen MR) is 83.4 cm³/mol. The highest BCUT2D eigenvalue weighted by molar-refractivity contribution is 9.11. The summed E-state index contributed by atoms with van der Waals surface area (Å²) in [5, 5.41) is 3.43. The van der Waals surface area contributed by atoms with Gasteiger partial charge >= 0.3 is 0 Å². The van der Waals surface area contributed by atoms with Gasteiger partial charge in [-0.1, -0.05) is 0 Å². The first kappa shape index (κ1) is 14.5. The molecule has 1 aliphatic rings. The Bertz CT molecular complexity index is 347. The van der Waals surface area contributed by atoms with Gasteiger partial charge in [-0.25, -0.2) is 0 Å². The van der Waals surface area contributed by atoms with Crippen LogP contribution in [0.15, 0.2) is 15.9 Å². The molecule has 18 heavy (non-hydrogen) atoms. The molecule has 1 fully saturated rings. The zero-order chi connectivity index (χ0) is 12.8. The number of halogens is 1. The summed E-state index contributed by atoms with van der Waals surface area (Å²) in [6, 6.07) is 4.38. The average molecular weight is 331 g/mol. The largest absolute Gasteiger partial charge is 0.317 e. The van der Waals surface area contributed by atoms with Crippen LogP contribution in [0.4, 0.5) is 0 Å². The summed E-state index contributed by atoms with van der Waals surface area (Å²) in [5.74, 6) is 0.949. The van der Waals surface area contributed by atoms with Gasteiger partial charge in [-0.05, 0) is 86.3 Å². The maximum Gasteiger partial charge on any atom is 0.0701 e. The molecule has 1 saturated heterocycles. The first-order valence-electron chi connectivity index (χ1n) is 6.87. The summed E-state index contributed by atoms with van der Waals surface area (Å²) < 4.78 is 1.25. The lowest BCUT2D eigenvalue weighted by Crippen LogP contribution is -2.30. The summed E-state index contributed by atoms with van der Waals surface area (Å²) in [7, 11) is 2.25. The van der Waals surface area contributed by atoms with Crippen LogP contribution in [0.3, 0.4) is 0 Å². The summed E-state index contributed by atoms with van der Waals surface area (Å²) >= 11 is 5.38. The van der Waals surface area contributed by atoms with Gasteiger partial charge in [0, 0.05) is 11.4 Å². The van der Waals surface area contributed by atoms with E-state index in [1.54, 1.807) is 0 Å². The van der Waals surface area contributed by atoms with Crippen molar-refractivity contribution in [2.24, 2.45) is 5.92 Å². The van der Waals surface area contributed by atoms with E-state index in [0.29, 0.717) is 0 Å². The number of rotatable bonds is 6. The molecule has 0 amide bonds. The lowest BCUT2D eigenvalue weighted by atomic mass is 9.94. The SMILES string of the molecule is CN(CCc1ccc(Br)s1)CCC1CCNCC1. The highest BCUT2D eigenvalue weighted by Crippen LogP contribution is 2.22. The smallest absolute Gasteiger partial charge is 0.0701 e. The van der Waals surface area contributed by atoms with Crippen molar-refractivity contribution >= 4 is 27.3 Å². The van der Waals surface area contributed by atoms with E-state index in [9.17, 15) is 0 Å². The number of hydrogen-bond acceptors (Lipinski definition) is 3. The van der Waals surface area contributed by atoms with Crippen LogP contribution in [0.25, 0.3) is 0 Å². The predicted octanol–water partition coefficient (Wildman–Crippen LogP) is 3.37. The third-order valence-electron chi connectivity index (χ3n) is 3.75. The second kappa shape index (κ2) is 7.63. The van der Waals surface area contributed by atoms with Gasteiger partial charge in [-0.3, -0.25) is 0 Å². The number of nitrogens with zero attached hydrogens (tertiary/aromatic N) is 1. The average Bonchev–Trinajstić information content (AvgIpc) is 2.81. The number of thiophene rings is 1. The molecule has 0 atom stereocenters. The fourth-order valence-electron chi connectivity index (χ4n) is 2.47. The minimum atomic E-state index is 0.949. The molecular weight excluding hydrogens is 308 g/mol. The Kier molecular flexibility index (Phi) is 6.15. The van der Waals surface area contributed by atoms with Crippen molar-refractivity contribution in [2.75, 3.05) is 33.2 Å². The third kappa shape index (κ3) is 5.00. The molecule has 0 aliphatic carbocycles. The highest BCUT2D eigenvalue weighted by atomic mass is 79.9. The maximum atomic E-state index is 3.52. The molecule has 1 aliphatic heterocycles. The van der Waals surface area contributed by atoms with Gasteiger partial charge < -0.3 is 10.2 Å². The molecule has 1 aromatic heterocycles. The van der Waals surface area contributed by atoms with E-state index in [2.05, 4.69) is 45.3 Å². The Balaban J connectivity index is 1.61. The van der Waals surface area contributed by atoms with Crippen LogP contribution in [-0.2, 0) is 6.42 Å². The quantitative estimate of drug-likeness (QED) is 0.860. The van der Waals surface area contributed by atoms with Gasteiger partial charge in [0.15, 0.2) is 0 Å². The van der Waals surface area contributed by atoms with Crippen molar-refractivity contribution in [1.82, 2.24) is 10.2 Å². The minimum absolute atomic E-state index is 0.949. The standard InChI is InChI=1S/C14H23BrN2S/c1-17(10-6-12-4-8-16-9-5-12)11-7-13-2-3-14(15)18-13/h2-3,12,16H,4-11H2,1H3. The van der Waals surface area contributed by atoms with Crippen molar-refractivity contribution in [3.8, 4) is 0 Å². The zero-order valence-corrected chi connectivity index (χ0v) is 13.5. The van der Waals surface area contributed by atoms with Crippen molar-refractivity contribution in [3.05, 3.63) is 20.8 Å². The molecule has 0 aromatic carbocycles. The Morgan fingerprint density at radius 2 is 2.11 bits per heavy atom. The first-order chi connectivity index (χ1) is 8.74. The molecule has 1 aromatic rings. The molecule has 1 N–H and O–H groups in total. The Hall–Kier alpha value is 0.1000. The summed E-state index contributed by atoms with van der Waals surface area (Å²) in [5.41, 5.74) is 0. The topological polar surface area (TPSA) is 15.3 Å². The Labute approximate surface area is 123 Å². The number of nitrogens with one attached hydrogen (secondary N) is 1. The van der Waals surface area contributed by atoms with Crippen LogP contribution in [0.1, 0.15) is 24.1 Å². The summed E-state index contributed by atoms with van der Waals surface area (Å²) in [6.07, 6.45) is 5.28. The van der Waals surface area contributed by atoms with Crippen molar-refractivity contribution < 1.29 is 0 Å². The summed E-state index contributed by atoms with van der Waals surface area (Å²) in [4.78, 5) is 3.96. The lowest BCUT2D eigenvalue weighted by Gasteiger charge is -2.25. The first-order valence-corrected chi connectivity index (χ1v) is 8.48. The molecule has 0 radical (unpaired) electrons. The van der Waals surface area contributed by atoms with Crippen LogP contribution in [-0.4, -0.2) is 38.1 Å². The van der Waals surface area contributed by atoms with Crippen LogP contribution in [0.2, 0.25) is 0 Å². The molecule has 2 heterocycles. The second-order valence-electron chi connectivity index (χ2n) is 5.24. The van der Waals surface area contributed by atoms with Crippen molar-refractivity contribution in [2.45, 2.75) is 25.7 Å². The van der Waals surface area contributed by atoms with Gasteiger partial charge in [0.1, 0.15) is 0 Å². The lowest BCUT2D eigenvalue weighted by molar-refractivity contribution is 0.273. The van der Waals surface area contributed by atoms with Gasteiger partial charge in [0.2, 0.25) is 0 Å². The van der Waals surface area contributed by atoms with Gasteiger partial charge in [-0.15, -0.1) is 11.3 Å². The number of likely N-dealkylation sites (N-methyl/N-ethyl adjacent to an activating group) is 1. The van der Waals surface area contributed by atoms with Crippen LogP contribution < -0.4 is 5.32 Å². The van der Waals surface area contributed by atoms with E-state index in [0.717, 1.165) is 5.92 Å². The molecular formula is C14H23BrN2S. The van der Waals surface area contributed by atoms with E-state index < -0.39 is 0 Å². The molecule has 0 spiro atoms. The maximum absolute atomic E-state index is 3.52. The molecule has 102 valence electrons. The Morgan fingerprint density at radius 1 is 1.33 bits per heavy atom. The molecule has 0 unspecified atom stereocenters. The number of piperidine rings is 1. The molecule has 0 bridgehead atoms. The van der Waals surface area contributed by atoms with E-state index in [1.165, 1.54) is 60.5 Å². The fourth-order valence-corrected chi connectivity index (χ4v) is 3.94.